The maximum absolute atomic E-state index is 10.1. The summed E-state index contributed by atoms with van der Waals surface area (Å²) in [5.74, 6) is 0.709. The van der Waals surface area contributed by atoms with Crippen LogP contribution in [0.4, 0.5) is 0 Å². The number of fused-ring (bicyclic) bond motifs is 3. The normalized spacial score (nSPS) is 34.8. The Morgan fingerprint density at radius 2 is 2.00 bits per heavy atom. The van der Waals surface area contributed by atoms with Crippen LogP contribution in [0, 0.1) is 5.92 Å². The number of rotatable bonds is 2. The molecule has 3 fully saturated rings. The Hall–Kier alpha value is -0.860. The first-order valence-corrected chi connectivity index (χ1v) is 6.74. The molecule has 1 aromatic rings. The van der Waals surface area contributed by atoms with Crippen molar-refractivity contribution >= 4 is 0 Å². The highest BCUT2D eigenvalue weighted by Gasteiger charge is 2.41. The molecule has 2 heterocycles. The van der Waals surface area contributed by atoms with Crippen molar-refractivity contribution in [2.24, 2.45) is 5.92 Å². The second-order valence-corrected chi connectivity index (χ2v) is 5.60. The third kappa shape index (κ3) is 2.00. The summed E-state index contributed by atoms with van der Waals surface area (Å²) in [6.45, 7) is 3.43. The molecule has 2 bridgehead atoms. The van der Waals surface area contributed by atoms with Crippen LogP contribution in [0.5, 0.6) is 0 Å². The SMILES string of the molecule is C[C@@H](c1ccccc1)N1C[C@H]2CC[C@@H]1[C@H](O)C2. The van der Waals surface area contributed by atoms with Gasteiger partial charge >= 0.3 is 0 Å². The summed E-state index contributed by atoms with van der Waals surface area (Å²) in [7, 11) is 0. The topological polar surface area (TPSA) is 23.5 Å². The van der Waals surface area contributed by atoms with E-state index < -0.39 is 0 Å². The van der Waals surface area contributed by atoms with Gasteiger partial charge in [-0.3, -0.25) is 4.90 Å². The quantitative estimate of drug-likeness (QED) is 0.845. The zero-order chi connectivity index (χ0) is 11.8. The van der Waals surface area contributed by atoms with Crippen LogP contribution in [0.25, 0.3) is 0 Å². The molecule has 2 heteroatoms. The van der Waals surface area contributed by atoms with Crippen molar-refractivity contribution < 1.29 is 5.11 Å². The van der Waals surface area contributed by atoms with Gasteiger partial charge in [0.05, 0.1) is 6.10 Å². The van der Waals surface area contributed by atoms with Gasteiger partial charge in [-0.1, -0.05) is 30.3 Å². The van der Waals surface area contributed by atoms with Gasteiger partial charge in [0.15, 0.2) is 0 Å². The molecule has 17 heavy (non-hydrogen) atoms. The number of hydrogen-bond donors (Lipinski definition) is 1. The number of aliphatic hydroxyl groups excluding tert-OH is 1. The monoisotopic (exact) mass is 231 g/mol. The number of benzene rings is 1. The molecule has 2 aliphatic heterocycles. The van der Waals surface area contributed by atoms with Crippen molar-refractivity contribution in [3.8, 4) is 0 Å². The molecule has 4 atom stereocenters. The molecule has 92 valence electrons. The molecular formula is C15H21NO. The van der Waals surface area contributed by atoms with E-state index in [0.717, 1.165) is 13.0 Å². The largest absolute Gasteiger partial charge is 0.391 e. The van der Waals surface area contributed by atoms with Gasteiger partial charge in [-0.2, -0.15) is 0 Å². The Bertz CT molecular complexity index is 378. The fourth-order valence-electron chi connectivity index (χ4n) is 3.57. The van der Waals surface area contributed by atoms with E-state index in [1.54, 1.807) is 0 Å². The van der Waals surface area contributed by atoms with Crippen LogP contribution in [0.2, 0.25) is 0 Å². The molecular weight excluding hydrogens is 210 g/mol. The molecule has 0 amide bonds. The highest BCUT2D eigenvalue weighted by atomic mass is 16.3. The molecule has 1 aromatic carbocycles. The summed E-state index contributed by atoms with van der Waals surface area (Å²) in [6.07, 6.45) is 3.39. The number of hydrogen-bond acceptors (Lipinski definition) is 2. The third-order valence-electron chi connectivity index (χ3n) is 4.56. The average molecular weight is 231 g/mol. The number of piperidine rings is 2. The van der Waals surface area contributed by atoms with Crippen LogP contribution in [-0.2, 0) is 0 Å². The summed E-state index contributed by atoms with van der Waals surface area (Å²) in [5.41, 5.74) is 1.37. The van der Waals surface area contributed by atoms with Gasteiger partial charge in [0.25, 0.3) is 0 Å². The Labute approximate surface area is 103 Å². The van der Waals surface area contributed by atoms with Crippen LogP contribution < -0.4 is 0 Å². The second kappa shape index (κ2) is 4.43. The summed E-state index contributed by atoms with van der Waals surface area (Å²) in [4.78, 5) is 2.51. The highest BCUT2D eigenvalue weighted by Crippen LogP contribution is 2.39. The summed E-state index contributed by atoms with van der Waals surface area (Å²) < 4.78 is 0. The van der Waals surface area contributed by atoms with E-state index >= 15 is 0 Å². The van der Waals surface area contributed by atoms with Gasteiger partial charge in [-0.05, 0) is 37.7 Å². The summed E-state index contributed by atoms with van der Waals surface area (Å²) in [5, 5.41) is 10.1. The Balaban J connectivity index is 1.81. The maximum Gasteiger partial charge on any atom is 0.0698 e. The van der Waals surface area contributed by atoms with Crippen LogP contribution in [0.1, 0.15) is 37.8 Å². The Morgan fingerprint density at radius 1 is 1.24 bits per heavy atom. The first-order chi connectivity index (χ1) is 8.25. The third-order valence-corrected chi connectivity index (χ3v) is 4.56. The van der Waals surface area contributed by atoms with Gasteiger partial charge < -0.3 is 5.11 Å². The van der Waals surface area contributed by atoms with Crippen LogP contribution in [0.3, 0.4) is 0 Å². The fourth-order valence-corrected chi connectivity index (χ4v) is 3.57. The average Bonchev–Trinajstić information content (AvgIpc) is 2.39. The lowest BCUT2D eigenvalue weighted by molar-refractivity contribution is -0.0713. The minimum absolute atomic E-state index is 0.103. The lowest BCUT2D eigenvalue weighted by Crippen LogP contribution is -2.56. The van der Waals surface area contributed by atoms with Crippen LogP contribution in [0.15, 0.2) is 30.3 Å². The van der Waals surface area contributed by atoms with Crippen molar-refractivity contribution in [3.63, 3.8) is 0 Å². The van der Waals surface area contributed by atoms with Gasteiger partial charge in [0, 0.05) is 18.6 Å². The standard InChI is InChI=1S/C15H21NO/c1-11(13-5-3-2-4-6-13)16-10-12-7-8-14(16)15(17)9-12/h2-6,11-12,14-15,17H,7-10H2,1H3/t11-,12-,14+,15+/m0/s1. The molecule has 0 spiro atoms. The van der Waals surface area contributed by atoms with Gasteiger partial charge in [-0.25, -0.2) is 0 Å². The molecule has 3 aliphatic rings. The van der Waals surface area contributed by atoms with E-state index in [4.69, 9.17) is 0 Å². The van der Waals surface area contributed by atoms with E-state index in [0.29, 0.717) is 18.0 Å². The van der Waals surface area contributed by atoms with Crippen molar-refractivity contribution in [3.05, 3.63) is 35.9 Å². The zero-order valence-corrected chi connectivity index (χ0v) is 10.4. The van der Waals surface area contributed by atoms with E-state index in [-0.39, 0.29) is 6.10 Å². The van der Waals surface area contributed by atoms with Crippen molar-refractivity contribution in [1.82, 2.24) is 4.90 Å². The molecule has 1 N–H and O–H groups in total. The smallest absolute Gasteiger partial charge is 0.0698 e. The molecule has 0 aromatic heterocycles. The van der Waals surface area contributed by atoms with Gasteiger partial charge in [-0.15, -0.1) is 0 Å². The number of nitrogens with zero attached hydrogens (tertiary/aromatic N) is 1. The van der Waals surface area contributed by atoms with Gasteiger partial charge in [0.1, 0.15) is 0 Å². The molecule has 4 rings (SSSR count). The second-order valence-electron chi connectivity index (χ2n) is 5.60. The molecule has 0 unspecified atom stereocenters. The minimum Gasteiger partial charge on any atom is -0.391 e. The first-order valence-electron chi connectivity index (χ1n) is 6.74. The molecule has 0 radical (unpaired) electrons. The zero-order valence-electron chi connectivity index (χ0n) is 10.4. The molecule has 2 nitrogen and oxygen atoms in total. The van der Waals surface area contributed by atoms with E-state index in [9.17, 15) is 5.11 Å². The summed E-state index contributed by atoms with van der Waals surface area (Å²) >= 11 is 0. The molecule has 2 saturated heterocycles. The first kappa shape index (κ1) is 11.2. The molecule has 1 saturated carbocycles. The molecule has 1 aliphatic carbocycles. The van der Waals surface area contributed by atoms with Gasteiger partial charge in [0.2, 0.25) is 0 Å². The van der Waals surface area contributed by atoms with E-state index in [1.807, 2.05) is 0 Å². The van der Waals surface area contributed by atoms with E-state index in [1.165, 1.54) is 18.4 Å². The predicted molar refractivity (Wildman–Crippen MR) is 68.7 cm³/mol. The van der Waals surface area contributed by atoms with Crippen LogP contribution >= 0.6 is 0 Å². The number of aliphatic hydroxyl groups is 1. The summed E-state index contributed by atoms with van der Waals surface area (Å²) in [6, 6.07) is 11.5. The lowest BCUT2D eigenvalue weighted by Gasteiger charge is -2.50. The van der Waals surface area contributed by atoms with Crippen molar-refractivity contribution in [2.45, 2.75) is 44.4 Å². The Kier molecular flexibility index (Phi) is 2.93. The van der Waals surface area contributed by atoms with E-state index in [2.05, 4.69) is 42.2 Å². The van der Waals surface area contributed by atoms with Crippen molar-refractivity contribution in [1.29, 1.82) is 0 Å². The highest BCUT2D eigenvalue weighted by molar-refractivity contribution is 5.19. The van der Waals surface area contributed by atoms with Crippen molar-refractivity contribution in [2.75, 3.05) is 6.54 Å². The predicted octanol–water partition coefficient (Wildman–Crippen LogP) is 2.59. The minimum atomic E-state index is -0.103. The Morgan fingerprint density at radius 3 is 2.65 bits per heavy atom. The van der Waals surface area contributed by atoms with Crippen LogP contribution in [-0.4, -0.2) is 28.7 Å². The fraction of sp³-hybridized carbons (Fsp3) is 0.600. The lowest BCUT2D eigenvalue weighted by atomic mass is 9.77. The maximum atomic E-state index is 10.1.